The van der Waals surface area contributed by atoms with E-state index in [1.54, 1.807) is 11.2 Å². The third-order valence-corrected chi connectivity index (χ3v) is 6.17. The molecule has 132 valence electrons. The summed E-state index contributed by atoms with van der Waals surface area (Å²) in [6.45, 7) is 5.91. The zero-order chi connectivity index (χ0) is 17.5. The molecular formula is C15H24N6O2S. The van der Waals surface area contributed by atoms with E-state index in [1.165, 1.54) is 0 Å². The quantitative estimate of drug-likeness (QED) is 0.876. The number of hydrogen-bond acceptors (Lipinski definition) is 6. The molecule has 3 rings (SSSR count). The van der Waals surface area contributed by atoms with Crippen LogP contribution in [0.3, 0.4) is 0 Å². The molecule has 1 aliphatic heterocycles. The van der Waals surface area contributed by atoms with Gasteiger partial charge in [0.2, 0.25) is 16.0 Å². The molecule has 0 aromatic carbocycles. The Balaban J connectivity index is 1.93. The van der Waals surface area contributed by atoms with Gasteiger partial charge in [-0.25, -0.2) is 8.42 Å². The Morgan fingerprint density at radius 1 is 1.21 bits per heavy atom. The van der Waals surface area contributed by atoms with Crippen molar-refractivity contribution >= 4 is 32.8 Å². The summed E-state index contributed by atoms with van der Waals surface area (Å²) in [6.07, 6.45) is 0. The summed E-state index contributed by atoms with van der Waals surface area (Å²) in [5, 5.41) is 0.977. The van der Waals surface area contributed by atoms with E-state index >= 15 is 0 Å². The summed E-state index contributed by atoms with van der Waals surface area (Å²) in [6, 6.07) is 2.04. The highest BCUT2D eigenvalue weighted by Gasteiger charge is 2.27. The van der Waals surface area contributed by atoms with Crippen LogP contribution < -0.4 is 9.80 Å². The van der Waals surface area contributed by atoms with Crippen LogP contribution in [0.5, 0.6) is 0 Å². The predicted octanol–water partition coefficient (Wildman–Crippen LogP) is 0.804. The Hall–Kier alpha value is -1.87. The van der Waals surface area contributed by atoms with Gasteiger partial charge in [-0.1, -0.05) is 0 Å². The first-order valence-corrected chi connectivity index (χ1v) is 9.70. The molecule has 1 aliphatic rings. The molecular weight excluding hydrogens is 328 g/mol. The van der Waals surface area contributed by atoms with Gasteiger partial charge in [0, 0.05) is 46.0 Å². The van der Waals surface area contributed by atoms with E-state index in [2.05, 4.69) is 14.9 Å². The van der Waals surface area contributed by atoms with E-state index in [-0.39, 0.29) is 5.75 Å². The molecule has 0 saturated carbocycles. The standard InChI is InChI=1S/C15H24N6O2S/c1-5-24(22,23)21-8-6-20(7-9-21)14-12-10-11(2)16-13(12)17-15(18-14)19(3)4/h10H,5-9H2,1-4H3,(H,16,17,18). The number of fused-ring (bicyclic) bond motifs is 1. The van der Waals surface area contributed by atoms with Gasteiger partial charge in [0.15, 0.2) is 0 Å². The van der Waals surface area contributed by atoms with E-state index < -0.39 is 10.0 Å². The van der Waals surface area contributed by atoms with Crippen molar-refractivity contribution in [3.05, 3.63) is 11.8 Å². The first-order valence-electron chi connectivity index (χ1n) is 8.09. The molecule has 2 aromatic heterocycles. The summed E-state index contributed by atoms with van der Waals surface area (Å²) in [5.41, 5.74) is 1.84. The highest BCUT2D eigenvalue weighted by atomic mass is 32.2. The molecule has 0 spiro atoms. The Labute approximate surface area is 142 Å². The van der Waals surface area contributed by atoms with Gasteiger partial charge in [0.25, 0.3) is 0 Å². The SMILES string of the molecule is CCS(=O)(=O)N1CCN(c2nc(N(C)C)nc3[nH]c(C)cc23)CC1. The van der Waals surface area contributed by atoms with Gasteiger partial charge in [-0.2, -0.15) is 14.3 Å². The van der Waals surface area contributed by atoms with Crippen LogP contribution in [0, 0.1) is 6.92 Å². The lowest BCUT2D eigenvalue weighted by Gasteiger charge is -2.35. The molecule has 24 heavy (non-hydrogen) atoms. The summed E-state index contributed by atoms with van der Waals surface area (Å²) in [5.74, 6) is 1.65. The van der Waals surface area contributed by atoms with Crippen molar-refractivity contribution < 1.29 is 8.42 Å². The molecule has 0 unspecified atom stereocenters. The summed E-state index contributed by atoms with van der Waals surface area (Å²) in [4.78, 5) is 16.5. The third kappa shape index (κ3) is 3.05. The molecule has 2 aromatic rings. The van der Waals surface area contributed by atoms with Gasteiger partial charge < -0.3 is 14.8 Å². The second kappa shape index (κ2) is 6.21. The average molecular weight is 352 g/mol. The van der Waals surface area contributed by atoms with Gasteiger partial charge in [0.1, 0.15) is 11.5 Å². The number of H-pyrrole nitrogens is 1. The molecule has 0 aliphatic carbocycles. The molecule has 3 heterocycles. The Morgan fingerprint density at radius 2 is 1.88 bits per heavy atom. The van der Waals surface area contributed by atoms with E-state index in [0.29, 0.717) is 32.1 Å². The molecule has 0 radical (unpaired) electrons. The minimum absolute atomic E-state index is 0.145. The second-order valence-corrected chi connectivity index (χ2v) is 8.50. The van der Waals surface area contributed by atoms with Crippen LogP contribution in [-0.2, 0) is 10.0 Å². The summed E-state index contributed by atoms with van der Waals surface area (Å²) >= 11 is 0. The van der Waals surface area contributed by atoms with Crippen LogP contribution in [-0.4, -0.2) is 73.7 Å². The monoisotopic (exact) mass is 352 g/mol. The molecule has 1 N–H and O–H groups in total. The highest BCUT2D eigenvalue weighted by Crippen LogP contribution is 2.28. The lowest BCUT2D eigenvalue weighted by molar-refractivity contribution is 0.385. The molecule has 0 atom stereocenters. The van der Waals surface area contributed by atoms with Crippen molar-refractivity contribution in [3.63, 3.8) is 0 Å². The normalized spacial score (nSPS) is 16.8. The Morgan fingerprint density at radius 3 is 2.46 bits per heavy atom. The lowest BCUT2D eigenvalue weighted by Crippen LogP contribution is -2.49. The van der Waals surface area contributed by atoms with Crippen molar-refractivity contribution in [3.8, 4) is 0 Å². The Bertz CT molecular complexity index is 837. The van der Waals surface area contributed by atoms with Crippen LogP contribution in [0.1, 0.15) is 12.6 Å². The number of aryl methyl sites for hydroxylation is 1. The number of sulfonamides is 1. The minimum Gasteiger partial charge on any atom is -0.353 e. The Kier molecular flexibility index (Phi) is 4.39. The number of aromatic nitrogens is 3. The zero-order valence-electron chi connectivity index (χ0n) is 14.6. The maximum atomic E-state index is 12.0. The van der Waals surface area contributed by atoms with Gasteiger partial charge in [-0.15, -0.1) is 0 Å². The molecule has 8 nitrogen and oxygen atoms in total. The number of anilines is 2. The number of hydrogen-bond donors (Lipinski definition) is 1. The first kappa shape index (κ1) is 17.0. The minimum atomic E-state index is -3.13. The zero-order valence-corrected chi connectivity index (χ0v) is 15.4. The summed E-state index contributed by atoms with van der Waals surface area (Å²) in [7, 11) is 0.691. The molecule has 0 bridgehead atoms. The van der Waals surface area contributed by atoms with E-state index in [9.17, 15) is 8.42 Å². The average Bonchev–Trinajstić information content (AvgIpc) is 2.94. The molecule has 0 amide bonds. The predicted molar refractivity (Wildman–Crippen MR) is 96.2 cm³/mol. The fourth-order valence-corrected chi connectivity index (χ4v) is 4.00. The summed E-state index contributed by atoms with van der Waals surface area (Å²) < 4.78 is 25.6. The second-order valence-electron chi connectivity index (χ2n) is 6.24. The number of nitrogens with one attached hydrogen (secondary N) is 1. The van der Waals surface area contributed by atoms with Crippen LogP contribution in [0.2, 0.25) is 0 Å². The molecule has 1 saturated heterocycles. The van der Waals surface area contributed by atoms with E-state index in [4.69, 9.17) is 4.98 Å². The number of rotatable bonds is 4. The van der Waals surface area contributed by atoms with E-state index in [0.717, 1.165) is 22.5 Å². The lowest BCUT2D eigenvalue weighted by atomic mass is 10.3. The van der Waals surface area contributed by atoms with Crippen molar-refractivity contribution in [2.45, 2.75) is 13.8 Å². The third-order valence-electron chi connectivity index (χ3n) is 4.29. The van der Waals surface area contributed by atoms with Gasteiger partial charge in [-0.3, -0.25) is 0 Å². The maximum Gasteiger partial charge on any atom is 0.228 e. The molecule has 1 fully saturated rings. The van der Waals surface area contributed by atoms with Crippen LogP contribution in [0.25, 0.3) is 11.0 Å². The molecule has 9 heteroatoms. The van der Waals surface area contributed by atoms with Crippen LogP contribution in [0.15, 0.2) is 6.07 Å². The largest absolute Gasteiger partial charge is 0.353 e. The smallest absolute Gasteiger partial charge is 0.228 e. The topological polar surface area (TPSA) is 85.4 Å². The van der Waals surface area contributed by atoms with Crippen LogP contribution >= 0.6 is 0 Å². The number of piperazine rings is 1. The van der Waals surface area contributed by atoms with Crippen molar-refractivity contribution in [1.29, 1.82) is 0 Å². The first-order chi connectivity index (χ1) is 11.3. The van der Waals surface area contributed by atoms with Gasteiger partial charge in [-0.05, 0) is 19.9 Å². The van der Waals surface area contributed by atoms with Gasteiger partial charge in [0.05, 0.1) is 11.1 Å². The van der Waals surface area contributed by atoms with E-state index in [1.807, 2.05) is 32.0 Å². The number of nitrogens with zero attached hydrogens (tertiary/aromatic N) is 5. The fraction of sp³-hybridized carbons (Fsp3) is 0.600. The highest BCUT2D eigenvalue weighted by molar-refractivity contribution is 7.89. The van der Waals surface area contributed by atoms with Gasteiger partial charge >= 0.3 is 0 Å². The van der Waals surface area contributed by atoms with Crippen molar-refractivity contribution in [1.82, 2.24) is 19.3 Å². The fourth-order valence-electron chi connectivity index (χ4n) is 2.92. The van der Waals surface area contributed by atoms with Crippen molar-refractivity contribution in [2.75, 3.05) is 55.8 Å². The maximum absolute atomic E-state index is 12.0. The number of aromatic amines is 1. The van der Waals surface area contributed by atoms with Crippen molar-refractivity contribution in [2.24, 2.45) is 0 Å². The van der Waals surface area contributed by atoms with Crippen LogP contribution in [0.4, 0.5) is 11.8 Å².